The van der Waals surface area contributed by atoms with Crippen molar-refractivity contribution in [2.75, 3.05) is 5.32 Å². The van der Waals surface area contributed by atoms with Crippen LogP contribution in [0.5, 0.6) is 0 Å². The lowest BCUT2D eigenvalue weighted by molar-refractivity contribution is 0.0997. The van der Waals surface area contributed by atoms with Crippen LogP contribution in [0.25, 0.3) is 44.7 Å². The molecule has 5 nitrogen and oxygen atoms in total. The van der Waals surface area contributed by atoms with Crippen molar-refractivity contribution >= 4 is 72.6 Å². The van der Waals surface area contributed by atoms with Crippen LogP contribution in [0, 0.1) is 0 Å². The van der Waals surface area contributed by atoms with Crippen LogP contribution in [0.4, 0.5) is 5.69 Å². The molecule has 0 atom stereocenters. The standard InChI is InChI=1S/C28H15BrCl2N2O3/c29-21-6-2-3-17-18(21)4-1-5-19(17)28-33-23-14-16(8-10-25(23)36-28)32-27(34)26-12-11-24(35-26)20-9-7-15(30)13-22(20)31/h1-14H,(H,32,34). The number of fused-ring (bicyclic) bond motifs is 2. The van der Waals surface area contributed by atoms with Gasteiger partial charge in [0.2, 0.25) is 5.89 Å². The molecule has 1 N–H and O–H groups in total. The van der Waals surface area contributed by atoms with Gasteiger partial charge in [-0.15, -0.1) is 0 Å². The number of hydrogen-bond acceptors (Lipinski definition) is 4. The van der Waals surface area contributed by atoms with Gasteiger partial charge in [0, 0.05) is 26.3 Å². The molecule has 0 bridgehead atoms. The summed E-state index contributed by atoms with van der Waals surface area (Å²) in [6.45, 7) is 0. The first-order valence-corrected chi connectivity index (χ1v) is 12.5. The average molecular weight is 578 g/mol. The molecule has 0 fully saturated rings. The van der Waals surface area contributed by atoms with E-state index in [1.165, 1.54) is 0 Å². The summed E-state index contributed by atoms with van der Waals surface area (Å²) in [7, 11) is 0. The van der Waals surface area contributed by atoms with Gasteiger partial charge in [-0.2, -0.15) is 0 Å². The number of nitrogens with one attached hydrogen (secondary N) is 1. The molecule has 0 saturated carbocycles. The highest BCUT2D eigenvalue weighted by molar-refractivity contribution is 9.10. The summed E-state index contributed by atoms with van der Waals surface area (Å²) < 4.78 is 12.8. The highest BCUT2D eigenvalue weighted by atomic mass is 79.9. The van der Waals surface area contributed by atoms with Crippen molar-refractivity contribution in [2.24, 2.45) is 0 Å². The Balaban J connectivity index is 1.27. The van der Waals surface area contributed by atoms with Gasteiger partial charge in [0.15, 0.2) is 11.3 Å². The number of aromatic nitrogens is 1. The fourth-order valence-electron chi connectivity index (χ4n) is 4.07. The van der Waals surface area contributed by atoms with Crippen molar-refractivity contribution in [3.8, 4) is 22.8 Å². The number of benzene rings is 4. The van der Waals surface area contributed by atoms with Gasteiger partial charge in [0.05, 0.1) is 5.02 Å². The highest BCUT2D eigenvalue weighted by Crippen LogP contribution is 2.35. The molecule has 0 aliphatic rings. The number of hydrogen-bond donors (Lipinski definition) is 1. The number of amides is 1. The Labute approximate surface area is 223 Å². The molecule has 0 aliphatic carbocycles. The molecule has 6 aromatic rings. The molecule has 0 saturated heterocycles. The van der Waals surface area contributed by atoms with E-state index in [-0.39, 0.29) is 5.76 Å². The SMILES string of the molecule is O=C(Nc1ccc2oc(-c3cccc4c(Br)cccc34)nc2c1)c1ccc(-c2ccc(Cl)cc2Cl)o1. The normalized spacial score (nSPS) is 11.3. The van der Waals surface area contributed by atoms with E-state index >= 15 is 0 Å². The molecule has 176 valence electrons. The van der Waals surface area contributed by atoms with E-state index in [9.17, 15) is 4.79 Å². The van der Waals surface area contributed by atoms with Crippen molar-refractivity contribution in [1.82, 2.24) is 4.98 Å². The second-order valence-electron chi connectivity index (χ2n) is 8.08. The molecular weight excluding hydrogens is 563 g/mol. The number of oxazole rings is 1. The van der Waals surface area contributed by atoms with Crippen LogP contribution in [0.1, 0.15) is 10.6 Å². The zero-order chi connectivity index (χ0) is 24.8. The lowest BCUT2D eigenvalue weighted by atomic mass is 10.0. The van der Waals surface area contributed by atoms with Gasteiger partial charge >= 0.3 is 0 Å². The Morgan fingerprint density at radius 2 is 1.67 bits per heavy atom. The van der Waals surface area contributed by atoms with Crippen molar-refractivity contribution in [3.63, 3.8) is 0 Å². The van der Waals surface area contributed by atoms with Crippen LogP contribution in [0.3, 0.4) is 0 Å². The van der Waals surface area contributed by atoms with E-state index in [1.54, 1.807) is 48.5 Å². The Hall–Kier alpha value is -3.58. The number of anilines is 1. The molecular formula is C28H15BrCl2N2O3. The van der Waals surface area contributed by atoms with E-state index in [0.29, 0.717) is 44.0 Å². The van der Waals surface area contributed by atoms with E-state index in [0.717, 1.165) is 20.8 Å². The van der Waals surface area contributed by atoms with Crippen LogP contribution >= 0.6 is 39.1 Å². The molecule has 0 aliphatic heterocycles. The monoisotopic (exact) mass is 576 g/mol. The third-order valence-corrected chi connectivity index (χ3v) is 7.01. The maximum atomic E-state index is 12.8. The number of carbonyl (C=O) groups excluding carboxylic acids is 1. The molecule has 2 heterocycles. The van der Waals surface area contributed by atoms with Gasteiger partial charge in [0.25, 0.3) is 5.91 Å². The quantitative estimate of drug-likeness (QED) is 0.227. The number of furan rings is 1. The van der Waals surface area contributed by atoms with Crippen molar-refractivity contribution in [1.29, 1.82) is 0 Å². The Morgan fingerprint density at radius 3 is 2.53 bits per heavy atom. The minimum absolute atomic E-state index is 0.151. The molecule has 8 heteroatoms. The highest BCUT2D eigenvalue weighted by Gasteiger charge is 2.16. The largest absolute Gasteiger partial charge is 0.451 e. The molecule has 0 spiro atoms. The lowest BCUT2D eigenvalue weighted by Crippen LogP contribution is -2.10. The molecule has 6 rings (SSSR count). The van der Waals surface area contributed by atoms with Gasteiger partial charge in [-0.05, 0) is 71.4 Å². The molecule has 36 heavy (non-hydrogen) atoms. The van der Waals surface area contributed by atoms with Crippen LogP contribution < -0.4 is 5.32 Å². The summed E-state index contributed by atoms with van der Waals surface area (Å²) in [5.74, 6) is 0.736. The van der Waals surface area contributed by atoms with Gasteiger partial charge in [-0.25, -0.2) is 4.98 Å². The summed E-state index contributed by atoms with van der Waals surface area (Å²) in [5, 5.41) is 5.91. The third-order valence-electron chi connectivity index (χ3n) is 5.77. The minimum Gasteiger partial charge on any atom is -0.451 e. The second kappa shape index (κ2) is 9.13. The Kier molecular flexibility index (Phi) is 5.80. The van der Waals surface area contributed by atoms with Crippen LogP contribution in [0.2, 0.25) is 10.0 Å². The van der Waals surface area contributed by atoms with Gasteiger partial charge in [-0.3, -0.25) is 4.79 Å². The minimum atomic E-state index is -0.395. The van der Waals surface area contributed by atoms with Crippen LogP contribution in [-0.2, 0) is 0 Å². The first-order chi connectivity index (χ1) is 17.5. The lowest BCUT2D eigenvalue weighted by Gasteiger charge is -2.04. The van der Waals surface area contributed by atoms with Gasteiger partial charge in [-0.1, -0.05) is 63.4 Å². The molecule has 1 amide bonds. The van der Waals surface area contributed by atoms with Crippen molar-refractivity contribution in [2.45, 2.75) is 0 Å². The molecule has 2 aromatic heterocycles. The number of halogens is 3. The van der Waals surface area contributed by atoms with E-state index in [2.05, 4.69) is 26.2 Å². The smallest absolute Gasteiger partial charge is 0.291 e. The Bertz CT molecular complexity index is 1790. The Morgan fingerprint density at radius 1 is 0.833 bits per heavy atom. The van der Waals surface area contributed by atoms with Crippen LogP contribution in [-0.4, -0.2) is 10.9 Å². The van der Waals surface area contributed by atoms with Gasteiger partial charge < -0.3 is 14.2 Å². The zero-order valence-electron chi connectivity index (χ0n) is 18.4. The fourth-order valence-corrected chi connectivity index (χ4v) is 5.07. The number of rotatable bonds is 4. The topological polar surface area (TPSA) is 68.3 Å². The van der Waals surface area contributed by atoms with Crippen molar-refractivity contribution < 1.29 is 13.6 Å². The number of carbonyl (C=O) groups is 1. The summed E-state index contributed by atoms with van der Waals surface area (Å²) in [6, 6.07) is 25.7. The fraction of sp³-hybridized carbons (Fsp3) is 0. The first kappa shape index (κ1) is 22.9. The van der Waals surface area contributed by atoms with E-state index in [1.807, 2.05) is 36.4 Å². The predicted octanol–water partition coefficient (Wildman–Crippen LogP) is 9.23. The zero-order valence-corrected chi connectivity index (χ0v) is 21.5. The molecule has 0 radical (unpaired) electrons. The number of nitrogens with zero attached hydrogens (tertiary/aromatic N) is 1. The second-order valence-corrected chi connectivity index (χ2v) is 9.78. The van der Waals surface area contributed by atoms with Gasteiger partial charge in [0.1, 0.15) is 11.3 Å². The first-order valence-electron chi connectivity index (χ1n) is 10.9. The maximum absolute atomic E-state index is 12.8. The third kappa shape index (κ3) is 4.17. The summed E-state index contributed by atoms with van der Waals surface area (Å²) >= 11 is 15.8. The summed E-state index contributed by atoms with van der Waals surface area (Å²) in [4.78, 5) is 17.5. The predicted molar refractivity (Wildman–Crippen MR) is 147 cm³/mol. The maximum Gasteiger partial charge on any atom is 0.291 e. The molecule has 0 unspecified atom stereocenters. The van der Waals surface area contributed by atoms with E-state index in [4.69, 9.17) is 32.0 Å². The van der Waals surface area contributed by atoms with E-state index < -0.39 is 5.91 Å². The summed E-state index contributed by atoms with van der Waals surface area (Å²) in [5.41, 5.74) is 3.35. The summed E-state index contributed by atoms with van der Waals surface area (Å²) in [6.07, 6.45) is 0. The average Bonchev–Trinajstić information content (AvgIpc) is 3.51. The van der Waals surface area contributed by atoms with Crippen molar-refractivity contribution in [3.05, 3.63) is 105 Å². The van der Waals surface area contributed by atoms with Crippen LogP contribution in [0.15, 0.2) is 98.2 Å². The molecule has 4 aromatic carbocycles.